The van der Waals surface area contributed by atoms with Crippen LogP contribution in [0.5, 0.6) is 0 Å². The summed E-state index contributed by atoms with van der Waals surface area (Å²) in [4.78, 5) is 22.1. The van der Waals surface area contributed by atoms with Crippen LogP contribution in [0.3, 0.4) is 0 Å². The van der Waals surface area contributed by atoms with Gasteiger partial charge in [0.15, 0.2) is 5.13 Å². The van der Waals surface area contributed by atoms with Gasteiger partial charge in [-0.05, 0) is 50.3 Å². The minimum atomic E-state index is 0. The van der Waals surface area contributed by atoms with E-state index in [0.29, 0.717) is 12.1 Å². The molecule has 0 bridgehead atoms. The molecular weight excluding hydrogens is 458 g/mol. The zero-order chi connectivity index (χ0) is 19.4. The number of benzene rings is 2. The number of nitrogens with zero attached hydrogens (tertiary/aromatic N) is 3. The Bertz CT molecular complexity index is 925. The zero-order valence-corrected chi connectivity index (χ0v) is 19.5. The average Bonchev–Trinajstić information content (AvgIpc) is 3.08. The molecule has 0 aliphatic heterocycles. The Morgan fingerprint density at radius 3 is 2.39 bits per heavy atom. The summed E-state index contributed by atoms with van der Waals surface area (Å²) in [5, 5.41) is 0.751. The van der Waals surface area contributed by atoms with Crippen LogP contribution in [0.1, 0.15) is 29.8 Å². The first-order valence-electron chi connectivity index (χ1n) is 9.18. The van der Waals surface area contributed by atoms with Gasteiger partial charge in [0.05, 0.1) is 10.2 Å². The number of carbonyl (C=O) groups excluding carboxylic acids is 1. The van der Waals surface area contributed by atoms with Crippen molar-refractivity contribution in [1.82, 2.24) is 9.88 Å². The van der Waals surface area contributed by atoms with Crippen molar-refractivity contribution in [3.05, 3.63) is 58.1 Å². The molecule has 0 saturated heterocycles. The fraction of sp³-hybridized carbons (Fsp3) is 0.333. The predicted molar refractivity (Wildman–Crippen MR) is 125 cm³/mol. The van der Waals surface area contributed by atoms with Gasteiger partial charge in [-0.3, -0.25) is 9.69 Å². The minimum Gasteiger partial charge on any atom is -0.302 e. The van der Waals surface area contributed by atoms with Gasteiger partial charge in [0.1, 0.15) is 0 Å². The Hall–Kier alpha value is -1.47. The van der Waals surface area contributed by atoms with Gasteiger partial charge in [-0.1, -0.05) is 58.8 Å². The molecule has 0 radical (unpaired) electrons. The largest absolute Gasteiger partial charge is 0.302 e. The van der Waals surface area contributed by atoms with E-state index in [1.54, 1.807) is 11.3 Å². The van der Waals surface area contributed by atoms with E-state index >= 15 is 0 Å². The number of anilines is 1. The van der Waals surface area contributed by atoms with Gasteiger partial charge in [0, 0.05) is 23.1 Å². The monoisotopic (exact) mass is 481 g/mol. The molecule has 0 atom stereocenters. The molecule has 150 valence electrons. The lowest BCUT2D eigenvalue weighted by molar-refractivity contribution is 0.0984. The van der Waals surface area contributed by atoms with Crippen LogP contribution in [-0.2, 0) is 0 Å². The number of likely N-dealkylation sites (N-methyl/N-ethyl adjacent to an activating group) is 1. The molecular formula is C21H25BrClN3OS. The molecule has 1 aromatic heterocycles. The van der Waals surface area contributed by atoms with E-state index in [4.69, 9.17) is 4.98 Å². The SMILES string of the molecule is CCN(CC)CCN(C(=O)c1ccc(C)cc1)c1nc2ccc(Br)cc2s1.Cl. The molecule has 1 amide bonds. The Kier molecular flexibility index (Phi) is 8.43. The number of hydrogen-bond donors (Lipinski definition) is 0. The van der Waals surface area contributed by atoms with Crippen molar-refractivity contribution in [3.8, 4) is 0 Å². The van der Waals surface area contributed by atoms with Crippen LogP contribution in [0.15, 0.2) is 46.9 Å². The second kappa shape index (κ2) is 10.3. The molecule has 0 aliphatic rings. The number of aryl methyl sites for hydroxylation is 1. The maximum atomic E-state index is 13.3. The number of halogens is 2. The first-order chi connectivity index (χ1) is 13.0. The Labute approximate surface area is 185 Å². The molecule has 28 heavy (non-hydrogen) atoms. The molecule has 3 aromatic rings. The number of fused-ring (bicyclic) bond motifs is 1. The fourth-order valence-electron chi connectivity index (χ4n) is 2.92. The fourth-order valence-corrected chi connectivity index (χ4v) is 4.46. The number of amides is 1. The van der Waals surface area contributed by atoms with E-state index in [0.717, 1.165) is 45.0 Å². The molecule has 3 rings (SSSR count). The van der Waals surface area contributed by atoms with E-state index in [1.165, 1.54) is 0 Å². The highest BCUT2D eigenvalue weighted by Gasteiger charge is 2.22. The van der Waals surface area contributed by atoms with E-state index in [1.807, 2.05) is 48.2 Å². The van der Waals surface area contributed by atoms with Crippen molar-refractivity contribution in [2.45, 2.75) is 20.8 Å². The van der Waals surface area contributed by atoms with E-state index in [9.17, 15) is 4.79 Å². The third-order valence-electron chi connectivity index (χ3n) is 4.65. The van der Waals surface area contributed by atoms with E-state index in [2.05, 4.69) is 40.7 Å². The smallest absolute Gasteiger partial charge is 0.260 e. The first-order valence-corrected chi connectivity index (χ1v) is 10.8. The van der Waals surface area contributed by atoms with Crippen LogP contribution in [0.4, 0.5) is 5.13 Å². The van der Waals surface area contributed by atoms with Crippen molar-refractivity contribution >= 4 is 60.9 Å². The summed E-state index contributed by atoms with van der Waals surface area (Å²) in [6.45, 7) is 9.69. The second-order valence-corrected chi connectivity index (χ2v) is 8.38. The number of hydrogen-bond acceptors (Lipinski definition) is 4. The topological polar surface area (TPSA) is 36.4 Å². The summed E-state index contributed by atoms with van der Waals surface area (Å²) in [5.74, 6) is 0.000257. The standard InChI is InChI=1S/C21H24BrN3OS.ClH/c1-4-24(5-2)12-13-25(20(26)16-8-6-15(3)7-9-16)21-23-18-11-10-17(22)14-19(18)27-21;/h6-11,14H,4-5,12-13H2,1-3H3;1H. The lowest BCUT2D eigenvalue weighted by atomic mass is 10.1. The van der Waals surface area contributed by atoms with E-state index < -0.39 is 0 Å². The maximum absolute atomic E-state index is 13.3. The molecule has 0 unspecified atom stereocenters. The lowest BCUT2D eigenvalue weighted by Crippen LogP contribution is -2.38. The Balaban J connectivity index is 0.00000280. The van der Waals surface area contributed by atoms with Gasteiger partial charge >= 0.3 is 0 Å². The Morgan fingerprint density at radius 1 is 1.07 bits per heavy atom. The first kappa shape index (κ1) is 22.8. The highest BCUT2D eigenvalue weighted by Crippen LogP contribution is 2.31. The molecule has 0 saturated carbocycles. The van der Waals surface area contributed by atoms with E-state index in [-0.39, 0.29) is 18.3 Å². The van der Waals surface area contributed by atoms with Crippen LogP contribution in [0.2, 0.25) is 0 Å². The summed E-state index contributed by atoms with van der Waals surface area (Å²) in [6, 6.07) is 13.8. The number of aromatic nitrogens is 1. The normalized spacial score (nSPS) is 10.9. The molecule has 0 fully saturated rings. The van der Waals surface area contributed by atoms with Gasteiger partial charge in [-0.2, -0.15) is 0 Å². The molecule has 7 heteroatoms. The molecule has 2 aromatic carbocycles. The van der Waals surface area contributed by atoms with Crippen LogP contribution in [-0.4, -0.2) is 42.0 Å². The van der Waals surface area contributed by atoms with Crippen molar-refractivity contribution < 1.29 is 4.79 Å². The number of rotatable bonds is 7. The Morgan fingerprint density at radius 2 is 1.75 bits per heavy atom. The van der Waals surface area contributed by atoms with Crippen molar-refractivity contribution in [2.75, 3.05) is 31.1 Å². The van der Waals surface area contributed by atoms with Crippen LogP contribution < -0.4 is 4.90 Å². The summed E-state index contributed by atoms with van der Waals surface area (Å²) in [5.41, 5.74) is 2.76. The van der Waals surface area contributed by atoms with Gasteiger partial charge in [0.25, 0.3) is 5.91 Å². The van der Waals surface area contributed by atoms with Crippen molar-refractivity contribution in [2.24, 2.45) is 0 Å². The third kappa shape index (κ3) is 5.32. The maximum Gasteiger partial charge on any atom is 0.260 e. The summed E-state index contributed by atoms with van der Waals surface area (Å²) in [7, 11) is 0. The molecule has 0 aliphatic carbocycles. The van der Waals surface area contributed by atoms with Gasteiger partial charge in [-0.15, -0.1) is 12.4 Å². The quantitative estimate of drug-likeness (QED) is 0.428. The highest BCUT2D eigenvalue weighted by molar-refractivity contribution is 9.10. The summed E-state index contributed by atoms with van der Waals surface area (Å²) >= 11 is 5.07. The lowest BCUT2D eigenvalue weighted by Gasteiger charge is -2.24. The predicted octanol–water partition coefficient (Wildman–Crippen LogP) is 5.78. The highest BCUT2D eigenvalue weighted by atomic mass is 79.9. The van der Waals surface area contributed by atoms with Crippen molar-refractivity contribution in [3.63, 3.8) is 0 Å². The minimum absolute atomic E-state index is 0. The number of carbonyl (C=O) groups is 1. The van der Waals surface area contributed by atoms with Gasteiger partial charge in [-0.25, -0.2) is 4.98 Å². The molecule has 1 heterocycles. The van der Waals surface area contributed by atoms with Crippen LogP contribution >= 0.6 is 39.7 Å². The average molecular weight is 483 g/mol. The number of thiazole rings is 1. The van der Waals surface area contributed by atoms with Gasteiger partial charge < -0.3 is 4.90 Å². The second-order valence-electron chi connectivity index (χ2n) is 6.46. The summed E-state index contributed by atoms with van der Waals surface area (Å²) in [6.07, 6.45) is 0. The van der Waals surface area contributed by atoms with Crippen LogP contribution in [0, 0.1) is 6.92 Å². The third-order valence-corrected chi connectivity index (χ3v) is 6.18. The van der Waals surface area contributed by atoms with Crippen molar-refractivity contribution in [1.29, 1.82) is 0 Å². The summed E-state index contributed by atoms with van der Waals surface area (Å²) < 4.78 is 2.09. The van der Waals surface area contributed by atoms with Crippen LogP contribution in [0.25, 0.3) is 10.2 Å². The zero-order valence-electron chi connectivity index (χ0n) is 16.3. The molecule has 0 spiro atoms. The van der Waals surface area contributed by atoms with Gasteiger partial charge in [0.2, 0.25) is 0 Å². The molecule has 0 N–H and O–H groups in total. The molecule has 4 nitrogen and oxygen atoms in total.